The molecule has 0 radical (unpaired) electrons. The Morgan fingerprint density at radius 2 is 1.70 bits per heavy atom. The molecule has 0 unspecified atom stereocenters. The van der Waals surface area contributed by atoms with Gasteiger partial charge in [-0.25, -0.2) is 9.59 Å². The molecule has 0 aromatic heterocycles. The van der Waals surface area contributed by atoms with E-state index in [1.165, 1.54) is 0 Å². The fourth-order valence-electron chi connectivity index (χ4n) is 1.74. The summed E-state index contributed by atoms with van der Waals surface area (Å²) in [6.45, 7) is 1.65. The number of carboxylic acid groups (broad SMARTS) is 2. The number of hydrogen-bond acceptors (Lipinski definition) is 6. The first-order valence-electron chi connectivity index (χ1n) is 8.18. The number of carbonyl (C=O) groups is 2. The third kappa shape index (κ3) is 14.4. The van der Waals surface area contributed by atoms with E-state index in [4.69, 9.17) is 37.1 Å². The van der Waals surface area contributed by atoms with Gasteiger partial charge in [-0.3, -0.25) is 0 Å². The number of ether oxygens (including phenoxy) is 1. The third-order valence-corrected chi connectivity index (χ3v) is 3.19. The van der Waals surface area contributed by atoms with Crippen molar-refractivity contribution in [1.29, 1.82) is 0 Å². The van der Waals surface area contributed by atoms with Gasteiger partial charge in [0.25, 0.3) is 0 Å². The van der Waals surface area contributed by atoms with E-state index in [-0.39, 0.29) is 0 Å². The monoisotopic (exact) mass is 400 g/mol. The maximum atomic E-state index is 9.55. The van der Waals surface area contributed by atoms with E-state index in [1.54, 1.807) is 7.11 Å². The first kappa shape index (κ1) is 24.6. The molecule has 0 aliphatic heterocycles. The van der Waals surface area contributed by atoms with Gasteiger partial charge in [0.15, 0.2) is 0 Å². The standard InChI is InChI=1S/C14H21ClN2O2.C4H4O4/c1-18-10-3-2-4-14(17-19-11-9-16)12-5-7-13(15)8-6-12;5-3(6)1-2-4(7)8/h5-8H,2-4,9-11,16H2,1H3;1-2H,(H,5,6)(H,7,8)/b17-14-;2-1+. The molecule has 1 aromatic rings. The summed E-state index contributed by atoms with van der Waals surface area (Å²) < 4.78 is 5.04. The topological polar surface area (TPSA) is 131 Å². The minimum atomic E-state index is -1.26. The van der Waals surface area contributed by atoms with Crippen molar-refractivity contribution < 1.29 is 29.4 Å². The van der Waals surface area contributed by atoms with E-state index >= 15 is 0 Å². The van der Waals surface area contributed by atoms with Gasteiger partial charge in [-0.05, 0) is 37.0 Å². The summed E-state index contributed by atoms with van der Waals surface area (Å²) in [6, 6.07) is 7.60. The Kier molecular flexibility index (Phi) is 14.4. The number of aliphatic carboxylic acids is 2. The van der Waals surface area contributed by atoms with E-state index in [2.05, 4.69) is 5.16 Å². The predicted octanol–water partition coefficient (Wildman–Crippen LogP) is 2.55. The molecule has 0 atom stereocenters. The Balaban J connectivity index is 0.000000713. The van der Waals surface area contributed by atoms with Crippen molar-refractivity contribution in [3.63, 3.8) is 0 Å². The quantitative estimate of drug-likeness (QED) is 0.225. The molecule has 0 aliphatic carbocycles. The number of carboxylic acids is 2. The molecule has 1 rings (SSSR count). The first-order valence-corrected chi connectivity index (χ1v) is 8.56. The molecular weight excluding hydrogens is 376 g/mol. The molecule has 0 spiro atoms. The van der Waals surface area contributed by atoms with Crippen molar-refractivity contribution in [2.45, 2.75) is 19.3 Å². The lowest BCUT2D eigenvalue weighted by Crippen LogP contribution is -2.08. The second kappa shape index (κ2) is 15.8. The zero-order chi connectivity index (χ0) is 20.5. The summed E-state index contributed by atoms with van der Waals surface area (Å²) in [5.41, 5.74) is 7.33. The van der Waals surface area contributed by atoms with Gasteiger partial charge in [0, 0.05) is 37.4 Å². The minimum absolute atomic E-state index is 0.426. The van der Waals surface area contributed by atoms with Crippen LogP contribution in [0.3, 0.4) is 0 Å². The number of methoxy groups -OCH3 is 1. The largest absolute Gasteiger partial charge is 0.478 e. The third-order valence-electron chi connectivity index (χ3n) is 2.94. The van der Waals surface area contributed by atoms with Gasteiger partial charge >= 0.3 is 11.9 Å². The van der Waals surface area contributed by atoms with Crippen molar-refractivity contribution in [1.82, 2.24) is 0 Å². The van der Waals surface area contributed by atoms with Crippen LogP contribution in [0.5, 0.6) is 0 Å². The van der Waals surface area contributed by atoms with E-state index in [0.29, 0.717) is 30.3 Å². The lowest BCUT2D eigenvalue weighted by molar-refractivity contribution is -0.134. The fourth-order valence-corrected chi connectivity index (χ4v) is 1.87. The lowest BCUT2D eigenvalue weighted by atomic mass is 10.1. The van der Waals surface area contributed by atoms with Gasteiger partial charge < -0.3 is 25.5 Å². The van der Waals surface area contributed by atoms with Crippen LogP contribution in [0.4, 0.5) is 0 Å². The van der Waals surface area contributed by atoms with Crippen LogP contribution < -0.4 is 5.73 Å². The second-order valence-electron chi connectivity index (χ2n) is 5.13. The Morgan fingerprint density at radius 3 is 2.19 bits per heavy atom. The van der Waals surface area contributed by atoms with Gasteiger partial charge in [-0.2, -0.15) is 0 Å². The molecule has 1 aromatic carbocycles. The first-order chi connectivity index (χ1) is 12.9. The van der Waals surface area contributed by atoms with Crippen molar-refractivity contribution >= 4 is 29.3 Å². The van der Waals surface area contributed by atoms with Crippen LogP contribution in [-0.4, -0.2) is 54.7 Å². The van der Waals surface area contributed by atoms with Crippen molar-refractivity contribution in [2.24, 2.45) is 10.9 Å². The summed E-state index contributed by atoms with van der Waals surface area (Å²) >= 11 is 5.88. The summed E-state index contributed by atoms with van der Waals surface area (Å²) in [5.74, 6) is -2.51. The van der Waals surface area contributed by atoms with E-state index < -0.39 is 11.9 Å². The maximum absolute atomic E-state index is 9.55. The van der Waals surface area contributed by atoms with Crippen molar-refractivity contribution in [3.8, 4) is 0 Å². The highest BCUT2D eigenvalue weighted by molar-refractivity contribution is 6.30. The molecule has 0 saturated carbocycles. The lowest BCUT2D eigenvalue weighted by Gasteiger charge is -2.07. The number of oxime groups is 1. The average Bonchev–Trinajstić information content (AvgIpc) is 2.63. The molecule has 0 heterocycles. The highest BCUT2D eigenvalue weighted by Crippen LogP contribution is 2.13. The van der Waals surface area contributed by atoms with Gasteiger partial charge in [-0.15, -0.1) is 0 Å². The molecule has 27 heavy (non-hydrogen) atoms. The fraction of sp³-hybridized carbons (Fsp3) is 0.389. The molecule has 0 aliphatic rings. The minimum Gasteiger partial charge on any atom is -0.478 e. The Bertz CT molecular complexity index is 601. The van der Waals surface area contributed by atoms with E-state index in [9.17, 15) is 9.59 Å². The smallest absolute Gasteiger partial charge is 0.328 e. The van der Waals surface area contributed by atoms with Crippen molar-refractivity contribution in [2.75, 3.05) is 26.9 Å². The SMILES string of the molecule is COCCCC/C(=N/OCCN)c1ccc(Cl)cc1.O=C(O)/C=C/C(=O)O. The zero-order valence-electron chi connectivity index (χ0n) is 15.1. The van der Waals surface area contributed by atoms with Gasteiger partial charge in [0.2, 0.25) is 0 Å². The Morgan fingerprint density at radius 1 is 1.11 bits per heavy atom. The predicted molar refractivity (Wildman–Crippen MR) is 103 cm³/mol. The number of benzene rings is 1. The number of nitrogens with zero attached hydrogens (tertiary/aromatic N) is 1. The Labute approximate surface area is 163 Å². The number of hydrogen-bond donors (Lipinski definition) is 3. The van der Waals surface area contributed by atoms with Crippen LogP contribution in [0.15, 0.2) is 41.6 Å². The van der Waals surface area contributed by atoms with Crippen LogP contribution in [0.1, 0.15) is 24.8 Å². The van der Waals surface area contributed by atoms with Crippen LogP contribution in [0.25, 0.3) is 0 Å². The average molecular weight is 401 g/mol. The summed E-state index contributed by atoms with van der Waals surface area (Å²) in [6.07, 6.45) is 3.96. The van der Waals surface area contributed by atoms with Gasteiger partial charge in [0.05, 0.1) is 5.71 Å². The number of nitrogens with two attached hydrogens (primary N) is 1. The second-order valence-corrected chi connectivity index (χ2v) is 5.56. The summed E-state index contributed by atoms with van der Waals surface area (Å²) in [7, 11) is 1.71. The molecule has 0 bridgehead atoms. The molecule has 8 nitrogen and oxygen atoms in total. The molecular formula is C18H25ClN2O6. The van der Waals surface area contributed by atoms with E-state index in [0.717, 1.165) is 37.1 Å². The van der Waals surface area contributed by atoms with Crippen LogP contribution in [0.2, 0.25) is 5.02 Å². The van der Waals surface area contributed by atoms with Crippen LogP contribution in [-0.2, 0) is 19.2 Å². The molecule has 9 heteroatoms. The van der Waals surface area contributed by atoms with Gasteiger partial charge in [-0.1, -0.05) is 28.9 Å². The van der Waals surface area contributed by atoms with Crippen molar-refractivity contribution in [3.05, 3.63) is 47.0 Å². The number of unbranched alkanes of at least 4 members (excludes halogenated alkanes) is 1. The maximum Gasteiger partial charge on any atom is 0.328 e. The van der Waals surface area contributed by atoms with Gasteiger partial charge in [0.1, 0.15) is 6.61 Å². The highest BCUT2D eigenvalue weighted by Gasteiger charge is 2.05. The summed E-state index contributed by atoms with van der Waals surface area (Å²) in [4.78, 5) is 24.3. The molecule has 0 fully saturated rings. The molecule has 150 valence electrons. The summed E-state index contributed by atoms with van der Waals surface area (Å²) in [5, 5.41) is 20.5. The van der Waals surface area contributed by atoms with Crippen LogP contribution >= 0.6 is 11.6 Å². The number of rotatable bonds is 11. The molecule has 0 amide bonds. The molecule has 0 saturated heterocycles. The molecule has 4 N–H and O–H groups in total. The Hall–Kier alpha value is -2.42. The number of halogens is 1. The highest BCUT2D eigenvalue weighted by atomic mass is 35.5. The van der Waals surface area contributed by atoms with Crippen LogP contribution in [0, 0.1) is 0 Å². The normalized spacial score (nSPS) is 11.0. The zero-order valence-corrected chi connectivity index (χ0v) is 15.9. The van der Waals surface area contributed by atoms with E-state index in [1.807, 2.05) is 24.3 Å².